The van der Waals surface area contributed by atoms with Crippen molar-refractivity contribution in [3.63, 3.8) is 0 Å². The van der Waals surface area contributed by atoms with E-state index < -0.39 is 87.2 Å². The van der Waals surface area contributed by atoms with Crippen LogP contribution in [0.15, 0.2) is 51.9 Å². The number of hydrogen-bond acceptors (Lipinski definition) is 14. The van der Waals surface area contributed by atoms with E-state index in [0.29, 0.717) is 12.0 Å². The van der Waals surface area contributed by atoms with Gasteiger partial charge in [0, 0.05) is 55.6 Å². The third-order valence-corrected chi connectivity index (χ3v) is 9.74. The third kappa shape index (κ3) is 7.48. The minimum atomic E-state index is -5.09. The number of amides is 3. The molecule has 2 aromatic heterocycles. The summed E-state index contributed by atoms with van der Waals surface area (Å²) in [6, 6.07) is 5.38. The number of nitrogen functional groups attached to an aromatic ring is 1. The first-order chi connectivity index (χ1) is 23.6. The second-order valence-corrected chi connectivity index (χ2v) is 13.5. The molecule has 1 aliphatic heterocycles. The lowest BCUT2D eigenvalue weighted by Crippen LogP contribution is -2.66. The second kappa shape index (κ2) is 14.1. The number of aromatic amines is 1. The number of hydrogen-bond donors (Lipinski definition) is 7. The van der Waals surface area contributed by atoms with Crippen LogP contribution in [-0.4, -0.2) is 90.8 Å². The van der Waals surface area contributed by atoms with Crippen LogP contribution in [0.1, 0.15) is 57.8 Å². The van der Waals surface area contributed by atoms with Gasteiger partial charge in [0.15, 0.2) is 22.4 Å². The lowest BCUT2D eigenvalue weighted by Gasteiger charge is -2.44. The Kier molecular flexibility index (Phi) is 10.0. The van der Waals surface area contributed by atoms with Gasteiger partial charge in [0.2, 0.25) is 16.9 Å². The van der Waals surface area contributed by atoms with Crippen LogP contribution in [0.3, 0.4) is 0 Å². The first kappa shape index (κ1) is 35.6. The van der Waals surface area contributed by atoms with Crippen molar-refractivity contribution in [3.05, 3.63) is 74.6 Å². The molecule has 1 aliphatic carbocycles. The Morgan fingerprint density at radius 3 is 2.40 bits per heavy atom. The topological polar surface area (TPSA) is 301 Å². The van der Waals surface area contributed by atoms with Crippen molar-refractivity contribution < 1.29 is 52.0 Å². The summed E-state index contributed by atoms with van der Waals surface area (Å²) in [5.41, 5.74) is 3.39. The molecule has 0 unspecified atom stereocenters. The number of oxime groups is 1. The fraction of sp³-hybridized carbons (Fsp3) is 0.310. The standard InChI is InChI=1S/C29H29N7O12S2/c30-28-34-18(13-49-28)23(35-48-29(27(43)44)6-1-7-29)21(38)8-16-19(36(26(16)42)50(45,46)47)11-33-24(40)15-4-2-14(3-5-15)10-32-25(41)17-9-20(37)22(39)12-31-17/h2-5,9,12-13,16,19,39H,1,6-8,10-11H2,(H2,30,34)(H,31,37)(H,32,41)(H,33,40)(H,43,44)(H,45,46,47)/b35-23-/t16-,19+/m0/s1. The van der Waals surface area contributed by atoms with Crippen LogP contribution >= 0.6 is 11.3 Å². The highest BCUT2D eigenvalue weighted by Crippen LogP contribution is 2.37. The van der Waals surface area contributed by atoms with Gasteiger partial charge in [0.25, 0.3) is 11.8 Å². The summed E-state index contributed by atoms with van der Waals surface area (Å²) >= 11 is 0.956. The highest BCUT2D eigenvalue weighted by molar-refractivity contribution is 7.84. The lowest BCUT2D eigenvalue weighted by molar-refractivity contribution is -0.178. The number of pyridine rings is 1. The number of aliphatic carboxylic acids is 1. The van der Waals surface area contributed by atoms with Crippen LogP contribution in [0.5, 0.6) is 5.75 Å². The van der Waals surface area contributed by atoms with Crippen molar-refractivity contribution in [1.82, 2.24) is 24.9 Å². The van der Waals surface area contributed by atoms with Crippen molar-refractivity contribution in [2.75, 3.05) is 12.3 Å². The Labute approximate surface area is 286 Å². The number of aromatic hydroxyl groups is 1. The number of benzene rings is 1. The highest BCUT2D eigenvalue weighted by Gasteiger charge is 2.54. The summed E-state index contributed by atoms with van der Waals surface area (Å²) in [5, 5.41) is 29.1. The van der Waals surface area contributed by atoms with Gasteiger partial charge in [-0.25, -0.2) is 14.1 Å². The van der Waals surface area contributed by atoms with Gasteiger partial charge < -0.3 is 36.4 Å². The van der Waals surface area contributed by atoms with E-state index >= 15 is 0 Å². The number of β-lactam (4-membered cyclic amide) rings is 1. The monoisotopic (exact) mass is 731 g/mol. The Morgan fingerprint density at radius 1 is 1.14 bits per heavy atom. The van der Waals surface area contributed by atoms with E-state index in [1.54, 1.807) is 0 Å². The Bertz CT molecular complexity index is 2060. The molecule has 0 bridgehead atoms. The number of carbonyl (C=O) groups is 5. The van der Waals surface area contributed by atoms with Crippen molar-refractivity contribution in [2.24, 2.45) is 11.1 Å². The van der Waals surface area contributed by atoms with Gasteiger partial charge in [-0.2, -0.15) is 8.42 Å². The van der Waals surface area contributed by atoms with Crippen LogP contribution in [-0.2, 0) is 36.1 Å². The number of ketones is 1. The maximum atomic E-state index is 13.4. The predicted molar refractivity (Wildman–Crippen MR) is 172 cm³/mol. The minimum absolute atomic E-state index is 0.00791. The summed E-state index contributed by atoms with van der Waals surface area (Å²) in [5.74, 6) is -6.48. The van der Waals surface area contributed by atoms with Gasteiger partial charge in [-0.05, 0) is 24.1 Å². The maximum Gasteiger partial charge on any atom is 0.362 e. The number of anilines is 1. The zero-order chi connectivity index (χ0) is 36.4. The average molecular weight is 732 g/mol. The molecule has 3 aromatic rings. The molecule has 2 fully saturated rings. The lowest BCUT2D eigenvalue weighted by atomic mass is 9.80. The fourth-order valence-electron chi connectivity index (χ4n) is 5.16. The molecule has 1 aromatic carbocycles. The number of nitrogens with two attached hydrogens (primary N) is 1. The molecule has 2 atom stereocenters. The fourth-order valence-corrected chi connectivity index (χ4v) is 6.63. The summed E-state index contributed by atoms with van der Waals surface area (Å²) < 4.78 is 33.8. The molecule has 264 valence electrons. The van der Waals surface area contributed by atoms with Crippen LogP contribution in [0.4, 0.5) is 5.13 Å². The van der Waals surface area contributed by atoms with E-state index in [4.69, 9.17) is 10.6 Å². The van der Waals surface area contributed by atoms with Gasteiger partial charge in [0.1, 0.15) is 11.4 Å². The number of carboxylic acids is 1. The molecule has 19 nitrogen and oxygen atoms in total. The molecule has 8 N–H and O–H groups in total. The molecule has 1 saturated carbocycles. The van der Waals surface area contributed by atoms with Gasteiger partial charge >= 0.3 is 16.3 Å². The molecule has 0 spiro atoms. The molecule has 5 rings (SSSR count). The van der Waals surface area contributed by atoms with Gasteiger partial charge in [-0.15, -0.1) is 11.3 Å². The number of nitrogens with zero attached hydrogens (tertiary/aromatic N) is 3. The Balaban J connectivity index is 1.24. The SMILES string of the molecule is Nc1nc(/C(=N/OC2(C(=O)O)CCC2)C(=O)C[C@@H]2C(=O)N(S(=O)(=O)O)[C@@H]2CNC(=O)c2ccc(CNC(=O)c3cc(=O)c(O)c[nH]3)cc2)cs1. The molecule has 3 amide bonds. The van der Waals surface area contributed by atoms with Crippen molar-refractivity contribution in [2.45, 2.75) is 43.9 Å². The first-order valence-corrected chi connectivity index (χ1v) is 17.0. The van der Waals surface area contributed by atoms with E-state index in [0.717, 1.165) is 23.6 Å². The van der Waals surface area contributed by atoms with Gasteiger partial charge in [-0.3, -0.25) is 28.5 Å². The predicted octanol–water partition coefficient (Wildman–Crippen LogP) is -0.204. The number of nitrogens with one attached hydrogen (secondary N) is 3. The van der Waals surface area contributed by atoms with Crippen molar-refractivity contribution in [1.29, 1.82) is 0 Å². The Hall–Kier alpha value is -5.67. The number of carbonyl (C=O) groups excluding carboxylic acids is 4. The number of carboxylic acid groups (broad SMARTS) is 1. The number of aromatic nitrogens is 2. The van der Waals surface area contributed by atoms with Crippen LogP contribution in [0.2, 0.25) is 0 Å². The van der Waals surface area contributed by atoms with E-state index in [-0.39, 0.29) is 45.8 Å². The summed E-state index contributed by atoms with van der Waals surface area (Å²) in [6.07, 6.45) is 1.15. The largest absolute Gasteiger partial charge is 0.503 e. The van der Waals surface area contributed by atoms with Gasteiger partial charge in [-0.1, -0.05) is 17.3 Å². The number of rotatable bonds is 14. The first-order valence-electron chi connectivity index (χ1n) is 14.7. The quantitative estimate of drug-likeness (QED) is 0.0489. The summed E-state index contributed by atoms with van der Waals surface area (Å²) in [6.45, 7) is -0.492. The number of H-pyrrole nitrogens is 1. The zero-order valence-electron chi connectivity index (χ0n) is 25.7. The molecule has 0 radical (unpaired) electrons. The van der Waals surface area contributed by atoms with E-state index in [1.807, 2.05) is 0 Å². The molecule has 1 saturated heterocycles. The molecule has 50 heavy (non-hydrogen) atoms. The van der Waals surface area contributed by atoms with Crippen LogP contribution in [0.25, 0.3) is 0 Å². The smallest absolute Gasteiger partial charge is 0.362 e. The average Bonchev–Trinajstić information content (AvgIpc) is 3.47. The normalized spacial score (nSPS) is 18.4. The molecule has 3 heterocycles. The number of Topliss-reactive ketones (excluding diaryl/α,β-unsaturated/α-hetero) is 1. The Morgan fingerprint density at radius 2 is 1.84 bits per heavy atom. The summed E-state index contributed by atoms with van der Waals surface area (Å²) in [4.78, 5) is 86.6. The third-order valence-electron chi connectivity index (χ3n) is 8.12. The summed E-state index contributed by atoms with van der Waals surface area (Å²) in [7, 11) is -5.09. The molecular formula is C29H29N7O12S2. The van der Waals surface area contributed by atoms with E-state index in [9.17, 15) is 52.0 Å². The maximum absolute atomic E-state index is 13.4. The van der Waals surface area contributed by atoms with Crippen molar-refractivity contribution >= 4 is 62.0 Å². The number of thiazole rings is 1. The van der Waals surface area contributed by atoms with Crippen LogP contribution < -0.4 is 21.8 Å². The molecular weight excluding hydrogens is 702 g/mol. The van der Waals surface area contributed by atoms with E-state index in [1.165, 1.54) is 29.6 Å². The second-order valence-electron chi connectivity index (χ2n) is 11.4. The minimum Gasteiger partial charge on any atom is -0.503 e. The highest BCUT2D eigenvalue weighted by atomic mass is 32.2. The molecule has 2 aliphatic rings. The van der Waals surface area contributed by atoms with Crippen molar-refractivity contribution in [3.8, 4) is 5.75 Å². The van der Waals surface area contributed by atoms with Crippen LogP contribution in [0, 0.1) is 5.92 Å². The molecule has 21 heteroatoms. The van der Waals surface area contributed by atoms with E-state index in [2.05, 4.69) is 25.8 Å². The zero-order valence-corrected chi connectivity index (χ0v) is 27.3. The van der Waals surface area contributed by atoms with Gasteiger partial charge in [0.05, 0.1) is 12.0 Å².